The molecule has 1 aromatic heterocycles. The van der Waals surface area contributed by atoms with Crippen molar-refractivity contribution in [2.75, 3.05) is 19.7 Å². The summed E-state index contributed by atoms with van der Waals surface area (Å²) in [7, 11) is 0. The van der Waals surface area contributed by atoms with E-state index in [-0.39, 0.29) is 18.2 Å². The van der Waals surface area contributed by atoms with Crippen molar-refractivity contribution in [3.8, 4) is 0 Å². The minimum absolute atomic E-state index is 0.193. The third kappa shape index (κ3) is 4.91. The summed E-state index contributed by atoms with van der Waals surface area (Å²) in [5, 5.41) is 0. The maximum atomic E-state index is 11.8. The van der Waals surface area contributed by atoms with Crippen LogP contribution in [0.2, 0.25) is 0 Å². The zero-order chi connectivity index (χ0) is 14.3. The second-order valence-electron chi connectivity index (χ2n) is 4.16. The molecule has 0 N–H and O–H groups in total. The Labute approximate surface area is 112 Å². The fraction of sp³-hybridized carbons (Fsp3) is 0.357. The van der Waals surface area contributed by atoms with Crippen LogP contribution in [0.15, 0.2) is 36.5 Å². The number of amides is 1. The highest BCUT2D eigenvalue weighted by Crippen LogP contribution is 2.00. The van der Waals surface area contributed by atoms with Crippen LogP contribution in [0.25, 0.3) is 0 Å². The molecule has 1 aromatic rings. The summed E-state index contributed by atoms with van der Waals surface area (Å²) in [5.41, 5.74) is 1.07. The van der Waals surface area contributed by atoms with E-state index in [9.17, 15) is 9.59 Å². The van der Waals surface area contributed by atoms with Gasteiger partial charge >= 0.3 is 5.97 Å². The van der Waals surface area contributed by atoms with Crippen molar-refractivity contribution in [1.82, 2.24) is 9.88 Å². The number of pyridine rings is 1. The molecule has 102 valence electrons. The molecule has 5 heteroatoms. The van der Waals surface area contributed by atoms with Crippen LogP contribution >= 0.6 is 0 Å². The number of aromatic nitrogens is 1. The van der Waals surface area contributed by atoms with Crippen molar-refractivity contribution in [2.24, 2.45) is 0 Å². The molecule has 0 unspecified atom stereocenters. The molecular weight excluding hydrogens is 244 g/mol. The van der Waals surface area contributed by atoms with Gasteiger partial charge in [-0.05, 0) is 26.0 Å². The van der Waals surface area contributed by atoms with Gasteiger partial charge in [0.1, 0.15) is 5.69 Å². The van der Waals surface area contributed by atoms with E-state index in [0.717, 1.165) is 5.57 Å². The number of likely N-dealkylation sites (N-methyl/N-ethyl adjacent to an activating group) is 1. The number of hydrogen-bond acceptors (Lipinski definition) is 4. The Morgan fingerprint density at radius 3 is 2.68 bits per heavy atom. The monoisotopic (exact) mass is 262 g/mol. The van der Waals surface area contributed by atoms with Crippen LogP contribution in [-0.2, 0) is 9.53 Å². The van der Waals surface area contributed by atoms with Crippen LogP contribution in [0.3, 0.4) is 0 Å². The van der Waals surface area contributed by atoms with Gasteiger partial charge in [-0.15, -0.1) is 0 Å². The van der Waals surface area contributed by atoms with Crippen molar-refractivity contribution in [1.29, 1.82) is 0 Å². The molecule has 0 fully saturated rings. The van der Waals surface area contributed by atoms with E-state index in [1.165, 1.54) is 12.3 Å². The average Bonchev–Trinajstić information content (AvgIpc) is 2.42. The summed E-state index contributed by atoms with van der Waals surface area (Å²) in [6, 6.07) is 4.93. The lowest BCUT2D eigenvalue weighted by molar-refractivity contribution is -0.133. The molecule has 19 heavy (non-hydrogen) atoms. The van der Waals surface area contributed by atoms with Crippen molar-refractivity contribution in [2.45, 2.75) is 13.8 Å². The molecule has 1 heterocycles. The minimum atomic E-state index is -0.597. The third-order valence-electron chi connectivity index (χ3n) is 2.40. The summed E-state index contributed by atoms with van der Waals surface area (Å²) in [5.74, 6) is -0.838. The smallest absolute Gasteiger partial charge is 0.357 e. The van der Waals surface area contributed by atoms with Gasteiger partial charge in [-0.3, -0.25) is 4.79 Å². The minimum Gasteiger partial charge on any atom is -0.451 e. The van der Waals surface area contributed by atoms with Crippen LogP contribution in [0, 0.1) is 0 Å². The molecule has 0 aliphatic heterocycles. The van der Waals surface area contributed by atoms with Gasteiger partial charge in [0.2, 0.25) is 0 Å². The van der Waals surface area contributed by atoms with Gasteiger partial charge in [0.25, 0.3) is 5.91 Å². The molecule has 0 radical (unpaired) electrons. The quantitative estimate of drug-likeness (QED) is 0.578. The second kappa shape index (κ2) is 7.31. The van der Waals surface area contributed by atoms with Crippen LogP contribution < -0.4 is 0 Å². The van der Waals surface area contributed by atoms with Gasteiger partial charge in [-0.2, -0.15) is 0 Å². The average molecular weight is 262 g/mol. The predicted octanol–water partition coefficient (Wildman–Crippen LogP) is 1.66. The van der Waals surface area contributed by atoms with E-state index >= 15 is 0 Å². The number of hydrogen-bond donors (Lipinski definition) is 0. The van der Waals surface area contributed by atoms with Crippen molar-refractivity contribution < 1.29 is 14.3 Å². The van der Waals surface area contributed by atoms with Gasteiger partial charge in [-0.25, -0.2) is 9.78 Å². The molecular formula is C14H18N2O3. The second-order valence-corrected chi connectivity index (χ2v) is 4.16. The maximum Gasteiger partial charge on any atom is 0.357 e. The Bertz CT molecular complexity index is 457. The van der Waals surface area contributed by atoms with Crippen molar-refractivity contribution >= 4 is 11.9 Å². The lowest BCUT2D eigenvalue weighted by Gasteiger charge is -2.20. The van der Waals surface area contributed by atoms with Crippen molar-refractivity contribution in [3.05, 3.63) is 42.2 Å². The molecule has 0 aliphatic rings. The highest BCUT2D eigenvalue weighted by Gasteiger charge is 2.15. The Morgan fingerprint density at radius 1 is 1.42 bits per heavy atom. The SMILES string of the molecule is C=C(C)CN(CC)C(=O)COC(=O)c1ccccn1. The zero-order valence-corrected chi connectivity index (χ0v) is 11.3. The molecule has 5 nitrogen and oxygen atoms in total. The summed E-state index contributed by atoms with van der Waals surface area (Å²) < 4.78 is 4.93. The lowest BCUT2D eigenvalue weighted by Crippen LogP contribution is -2.35. The summed E-state index contributed by atoms with van der Waals surface area (Å²) in [6.45, 7) is 8.20. The molecule has 0 atom stereocenters. The number of carbonyl (C=O) groups is 2. The van der Waals surface area contributed by atoms with Gasteiger partial charge in [-0.1, -0.05) is 18.2 Å². The molecule has 0 aliphatic carbocycles. The van der Waals surface area contributed by atoms with E-state index < -0.39 is 5.97 Å². The standard InChI is InChI=1S/C14H18N2O3/c1-4-16(9-11(2)3)13(17)10-19-14(18)12-7-5-6-8-15-12/h5-8H,2,4,9-10H2,1,3H3. The number of carbonyl (C=O) groups excluding carboxylic acids is 2. The first kappa shape index (κ1) is 14.9. The number of esters is 1. The largest absolute Gasteiger partial charge is 0.451 e. The highest BCUT2D eigenvalue weighted by molar-refractivity contribution is 5.89. The van der Waals surface area contributed by atoms with Crippen LogP contribution in [0.5, 0.6) is 0 Å². The fourth-order valence-corrected chi connectivity index (χ4v) is 1.48. The summed E-state index contributed by atoms with van der Waals surface area (Å²) in [4.78, 5) is 28.9. The predicted molar refractivity (Wildman–Crippen MR) is 71.6 cm³/mol. The van der Waals surface area contributed by atoms with Gasteiger partial charge in [0.15, 0.2) is 6.61 Å². The first-order valence-corrected chi connectivity index (χ1v) is 6.05. The topological polar surface area (TPSA) is 59.5 Å². The molecule has 0 spiro atoms. The molecule has 0 saturated heterocycles. The molecule has 0 saturated carbocycles. The number of rotatable bonds is 6. The van der Waals surface area contributed by atoms with Gasteiger partial charge in [0.05, 0.1) is 0 Å². The Morgan fingerprint density at radius 2 is 2.16 bits per heavy atom. The molecule has 1 amide bonds. The normalized spacial score (nSPS) is 9.79. The third-order valence-corrected chi connectivity index (χ3v) is 2.40. The Kier molecular flexibility index (Phi) is 5.73. The van der Waals surface area contributed by atoms with E-state index in [1.807, 2.05) is 13.8 Å². The van der Waals surface area contributed by atoms with Gasteiger partial charge in [0, 0.05) is 19.3 Å². The summed E-state index contributed by atoms with van der Waals surface area (Å²) in [6.07, 6.45) is 1.50. The maximum absolute atomic E-state index is 11.8. The molecule has 1 rings (SSSR count). The highest BCUT2D eigenvalue weighted by atomic mass is 16.5. The summed E-state index contributed by atoms with van der Waals surface area (Å²) >= 11 is 0. The van der Waals surface area contributed by atoms with E-state index in [1.54, 1.807) is 17.0 Å². The van der Waals surface area contributed by atoms with Crippen LogP contribution in [-0.4, -0.2) is 41.5 Å². The Hall–Kier alpha value is -2.17. The van der Waals surface area contributed by atoms with E-state index in [4.69, 9.17) is 4.74 Å². The number of ether oxygens (including phenoxy) is 1. The molecule has 0 bridgehead atoms. The fourth-order valence-electron chi connectivity index (χ4n) is 1.48. The first-order chi connectivity index (χ1) is 9.04. The van der Waals surface area contributed by atoms with Crippen molar-refractivity contribution in [3.63, 3.8) is 0 Å². The van der Waals surface area contributed by atoms with Crippen LogP contribution in [0.4, 0.5) is 0 Å². The molecule has 0 aromatic carbocycles. The first-order valence-electron chi connectivity index (χ1n) is 6.05. The lowest BCUT2D eigenvalue weighted by atomic mass is 10.3. The van der Waals surface area contributed by atoms with Gasteiger partial charge < -0.3 is 9.64 Å². The number of nitrogens with zero attached hydrogens (tertiary/aromatic N) is 2. The Balaban J connectivity index is 2.49. The van der Waals surface area contributed by atoms with Crippen LogP contribution in [0.1, 0.15) is 24.3 Å². The van der Waals surface area contributed by atoms with E-state index in [2.05, 4.69) is 11.6 Å². The van der Waals surface area contributed by atoms with E-state index in [0.29, 0.717) is 13.1 Å². The zero-order valence-electron chi connectivity index (χ0n) is 11.3.